The molecule has 0 saturated heterocycles. The van der Waals surface area contributed by atoms with E-state index in [0.29, 0.717) is 0 Å². The molecule has 0 saturated carbocycles. The molecule has 23 heavy (non-hydrogen) atoms. The lowest BCUT2D eigenvalue weighted by atomic mass is 10.0. The summed E-state index contributed by atoms with van der Waals surface area (Å²) in [6.45, 7) is 0. The smallest absolute Gasteiger partial charge is 0.166 e. The number of benzene rings is 1. The fraction of sp³-hybridized carbons (Fsp3) is 0.333. The predicted octanol–water partition coefficient (Wildman–Crippen LogP) is 9.37. The van der Waals surface area contributed by atoms with Crippen LogP contribution in [-0.4, -0.2) is 14.1 Å². The highest BCUT2D eigenvalue weighted by Gasteiger charge is 2.73. The van der Waals surface area contributed by atoms with Crippen molar-refractivity contribution in [1.82, 2.24) is 0 Å². The predicted molar refractivity (Wildman–Crippen MR) is 136 cm³/mol. The highest BCUT2D eigenvalue weighted by atomic mass is 79.9. The van der Waals surface area contributed by atoms with Crippen LogP contribution in [0.15, 0.2) is 39.3 Å². The first-order valence-corrected chi connectivity index (χ1v) is 13.6. The Morgan fingerprint density at radius 2 is 1.17 bits per heavy atom. The van der Waals surface area contributed by atoms with E-state index in [0.717, 1.165) is 14.7 Å². The molecule has 0 radical (unpaired) electrons. The molecule has 2 rings (SSSR count). The Kier molecular flexibility index (Phi) is 7.71. The van der Waals surface area contributed by atoms with Crippen LogP contribution in [0.4, 0.5) is 5.69 Å². The van der Waals surface area contributed by atoms with Gasteiger partial charge in [-0.3, -0.25) is 3.93 Å². The molecule has 1 unspecified atom stereocenters. The van der Waals surface area contributed by atoms with Crippen LogP contribution in [0.25, 0.3) is 0 Å². The molecule has 0 bridgehead atoms. The molecule has 0 aliphatic heterocycles. The van der Waals surface area contributed by atoms with Gasteiger partial charge in [0.15, 0.2) is 4.45 Å². The first-order chi connectivity index (χ1) is 10.3. The van der Waals surface area contributed by atoms with E-state index >= 15 is 0 Å². The number of rotatable bonds is 2. The Morgan fingerprint density at radius 3 is 1.65 bits per heavy atom. The van der Waals surface area contributed by atoms with Crippen molar-refractivity contribution in [3.63, 3.8) is 0 Å². The summed E-state index contributed by atoms with van der Waals surface area (Å²) in [7, 11) is 0. The topological polar surface area (TPSA) is 3.24 Å². The second-order valence-corrected chi connectivity index (χ2v) is 18.4. The van der Waals surface area contributed by atoms with Gasteiger partial charge in [0.25, 0.3) is 0 Å². The molecular weight excluding hydrogens is 957 g/mol. The molecular formula is C12H5Br10N. The highest BCUT2D eigenvalue weighted by Crippen LogP contribution is 2.74. The number of hydrogen-bond donors (Lipinski definition) is 0. The first kappa shape index (κ1) is 22.8. The van der Waals surface area contributed by atoms with Gasteiger partial charge in [0.05, 0.1) is 16.1 Å². The highest BCUT2D eigenvalue weighted by molar-refractivity contribution is 9.33. The fourth-order valence-electron chi connectivity index (χ4n) is 1.91. The molecule has 0 heterocycles. The van der Waals surface area contributed by atoms with Crippen LogP contribution in [-0.2, 0) is 0 Å². The van der Waals surface area contributed by atoms with Crippen molar-refractivity contribution in [3.8, 4) is 0 Å². The average Bonchev–Trinajstić information content (AvgIpc) is 2.51. The zero-order valence-corrected chi connectivity index (χ0v) is 26.5. The van der Waals surface area contributed by atoms with Gasteiger partial charge in [-0.2, -0.15) is 0 Å². The van der Waals surface area contributed by atoms with Gasteiger partial charge in [-0.1, -0.05) is 162 Å². The lowest BCUT2D eigenvalue weighted by Crippen LogP contribution is -2.66. The van der Waals surface area contributed by atoms with Crippen LogP contribution in [0, 0.1) is 0 Å². The van der Waals surface area contributed by atoms with Crippen molar-refractivity contribution in [2.45, 2.75) is 14.1 Å². The maximum absolute atomic E-state index is 3.90. The van der Waals surface area contributed by atoms with Crippen molar-refractivity contribution >= 4 is 165 Å². The second-order valence-electron chi connectivity index (χ2n) is 4.59. The Labute approximate surface area is 219 Å². The summed E-state index contributed by atoms with van der Waals surface area (Å²) in [5.74, 6) is 0. The quantitative estimate of drug-likeness (QED) is 0.163. The molecule has 1 nitrogen and oxygen atoms in total. The number of allylic oxidation sites excluding steroid dienone is 1. The number of para-hydroxylation sites is 1. The van der Waals surface area contributed by atoms with Gasteiger partial charge in [0, 0.05) is 14.7 Å². The lowest BCUT2D eigenvalue weighted by Gasteiger charge is -2.57. The third-order valence-electron chi connectivity index (χ3n) is 3.22. The zero-order valence-electron chi connectivity index (χ0n) is 10.6. The number of hydrogen-bond acceptors (Lipinski definition) is 1. The summed E-state index contributed by atoms with van der Waals surface area (Å²) in [5.41, 5.74) is 0.970. The van der Waals surface area contributed by atoms with Gasteiger partial charge in [-0.05, 0) is 12.1 Å². The minimum atomic E-state index is -0.752. The molecule has 1 aliphatic carbocycles. The van der Waals surface area contributed by atoms with E-state index in [1.165, 1.54) is 0 Å². The molecule has 0 amide bonds. The minimum Gasteiger partial charge on any atom is -0.285 e. The van der Waals surface area contributed by atoms with Gasteiger partial charge in [-0.25, -0.2) is 0 Å². The van der Waals surface area contributed by atoms with Crippen molar-refractivity contribution in [2.24, 2.45) is 0 Å². The van der Waals surface area contributed by atoms with Crippen molar-refractivity contribution in [2.75, 3.05) is 3.93 Å². The van der Waals surface area contributed by atoms with Gasteiger partial charge >= 0.3 is 0 Å². The fourth-order valence-corrected chi connectivity index (χ4v) is 12.1. The first-order valence-electron chi connectivity index (χ1n) is 5.73. The van der Waals surface area contributed by atoms with Crippen LogP contribution in [0.3, 0.4) is 0 Å². The largest absolute Gasteiger partial charge is 0.285 e. The van der Waals surface area contributed by atoms with Crippen molar-refractivity contribution in [1.29, 1.82) is 0 Å². The van der Waals surface area contributed by atoms with Crippen molar-refractivity contribution in [3.05, 3.63) is 39.3 Å². The Balaban J connectivity index is 2.76. The summed E-state index contributed by atoms with van der Waals surface area (Å²) in [6.07, 6.45) is 0. The van der Waals surface area contributed by atoms with E-state index in [1.54, 1.807) is 0 Å². The molecule has 0 spiro atoms. The third kappa shape index (κ3) is 3.40. The van der Waals surface area contributed by atoms with Crippen LogP contribution >= 0.6 is 160 Å². The summed E-state index contributed by atoms with van der Waals surface area (Å²) in [4.78, 5) is 0. The Bertz CT molecular complexity index is 641. The third-order valence-corrected chi connectivity index (χ3v) is 22.1. The van der Waals surface area contributed by atoms with Crippen molar-refractivity contribution < 1.29 is 0 Å². The Hall–Kier alpha value is 3.56. The van der Waals surface area contributed by atoms with Gasteiger partial charge in [0.2, 0.25) is 0 Å². The molecule has 1 aromatic rings. The SMILES string of the molecule is BrC1=C(Br)C(Br)(N(Br)c2ccccc2)C(Br)(Br)C(Br)(Br)C1(Br)Br. The summed E-state index contributed by atoms with van der Waals surface area (Å²) >= 11 is 37.7. The molecule has 11 heteroatoms. The van der Waals surface area contributed by atoms with Crippen LogP contribution in [0.1, 0.15) is 0 Å². The van der Waals surface area contributed by atoms with E-state index in [-0.39, 0.29) is 0 Å². The van der Waals surface area contributed by atoms with E-state index < -0.39 is 14.1 Å². The average molecular weight is 962 g/mol. The summed E-state index contributed by atoms with van der Waals surface area (Å²) < 4.78 is 0.858. The lowest BCUT2D eigenvalue weighted by molar-refractivity contribution is 0.607. The molecule has 1 aliphatic rings. The number of nitrogens with zero attached hydrogens (tertiary/aromatic N) is 1. The molecule has 1 atom stereocenters. The maximum atomic E-state index is 3.90. The minimum absolute atomic E-state index is 0.638. The molecule has 1 aromatic carbocycles. The second kappa shape index (κ2) is 7.76. The molecule has 0 aromatic heterocycles. The van der Waals surface area contributed by atoms with Gasteiger partial charge in [-0.15, -0.1) is 0 Å². The standard InChI is InChI=1S/C12H5Br10N/c13-7-8(14)10(17,23(22)6-4-2-1-3-5-6)12(20,21)11(18,19)9(7,15)16/h1-5H. The number of anilines is 1. The maximum Gasteiger partial charge on any atom is 0.166 e. The van der Waals surface area contributed by atoms with Gasteiger partial charge < -0.3 is 0 Å². The van der Waals surface area contributed by atoms with Crippen LogP contribution in [0.2, 0.25) is 0 Å². The molecule has 0 fully saturated rings. The molecule has 0 N–H and O–H groups in total. The number of alkyl halides is 7. The van der Waals surface area contributed by atoms with E-state index in [2.05, 4.69) is 160 Å². The summed E-state index contributed by atoms with van der Waals surface area (Å²) in [5, 5.41) is 0. The van der Waals surface area contributed by atoms with Crippen LogP contribution in [0.5, 0.6) is 0 Å². The van der Waals surface area contributed by atoms with Gasteiger partial charge in [0.1, 0.15) is 9.70 Å². The summed E-state index contributed by atoms with van der Waals surface area (Å²) in [6, 6.07) is 9.96. The van der Waals surface area contributed by atoms with Crippen LogP contribution < -0.4 is 3.93 Å². The normalized spacial score (nSPS) is 28.6. The monoisotopic (exact) mass is 952 g/mol. The Morgan fingerprint density at radius 1 is 0.696 bits per heavy atom. The zero-order chi connectivity index (χ0) is 17.8. The molecule has 128 valence electrons. The van der Waals surface area contributed by atoms with E-state index in [9.17, 15) is 0 Å². The van der Waals surface area contributed by atoms with E-state index in [4.69, 9.17) is 0 Å². The van der Waals surface area contributed by atoms with E-state index in [1.807, 2.05) is 34.3 Å². The number of halogens is 10.